The first-order valence-corrected chi connectivity index (χ1v) is 26.9. The van der Waals surface area contributed by atoms with Crippen LogP contribution in [0.3, 0.4) is 0 Å². The smallest absolute Gasteiger partial charge is 0.297 e. The number of rotatable bonds is 4. The molecule has 2 aliphatic heterocycles. The zero-order valence-corrected chi connectivity index (χ0v) is 46.6. The molecule has 0 spiro atoms. The van der Waals surface area contributed by atoms with Crippen molar-refractivity contribution in [1.29, 1.82) is 0 Å². The molecule has 0 saturated heterocycles. The van der Waals surface area contributed by atoms with E-state index in [1.807, 2.05) is 17.0 Å². The number of benzene rings is 7. The summed E-state index contributed by atoms with van der Waals surface area (Å²) in [6, 6.07) is 22.0. The Kier molecular flexibility index (Phi) is 12.2. The van der Waals surface area contributed by atoms with Crippen LogP contribution in [0.1, 0.15) is 109 Å². The van der Waals surface area contributed by atoms with E-state index < -0.39 is 6.71 Å². The average molecular weight is 984 g/mol. The van der Waals surface area contributed by atoms with Gasteiger partial charge in [-0.05, 0) is 158 Å². The molecule has 0 saturated carbocycles. The summed E-state index contributed by atoms with van der Waals surface area (Å²) in [4.78, 5) is 4.42. The van der Waals surface area contributed by atoms with E-state index in [-0.39, 0.29) is 109 Å². The minimum Gasteiger partial charge on any atom is -0.468 e. The number of nitrogens with zero attached hydrogens (tertiary/aromatic N) is 2. The lowest BCUT2D eigenvalue weighted by atomic mass is 9.35. The second-order valence-electron chi connectivity index (χ2n) is 25.3. The maximum Gasteiger partial charge on any atom is 0.297 e. The normalized spacial score (nSPS) is 17.0. The molecule has 0 bridgehead atoms. The van der Waals surface area contributed by atoms with E-state index in [0.717, 1.165) is 81.6 Å². The molecule has 4 aliphatic rings. The lowest BCUT2D eigenvalue weighted by Crippen LogP contribution is -2.62. The number of hydrogen-bond acceptors (Lipinski definition) is 3. The largest absolute Gasteiger partial charge is 0.468 e. The molecule has 2 aliphatic carbocycles. The quantitative estimate of drug-likeness (QED) is 0.190. The predicted molar refractivity (Wildman–Crippen MR) is 352 cm³/mol. The summed E-state index contributed by atoms with van der Waals surface area (Å²) < 4.78 is 7.57. The maximum absolute atomic E-state index is 7.57. The van der Waals surface area contributed by atoms with Gasteiger partial charge in [-0.25, -0.2) is 0 Å². The number of furan rings is 1. The monoisotopic (exact) mass is 986 g/mol. The third-order valence-electron chi connectivity index (χ3n) is 18.7. The van der Waals surface area contributed by atoms with Crippen molar-refractivity contribution in [3.63, 3.8) is 0 Å². The van der Waals surface area contributed by atoms with Gasteiger partial charge < -0.3 is 14.2 Å². The van der Waals surface area contributed by atoms with Crippen LogP contribution in [0.2, 0.25) is 0 Å². The Bertz CT molecular complexity index is 3990. The molecule has 8 aromatic rings. The van der Waals surface area contributed by atoms with Crippen molar-refractivity contribution in [2.45, 2.75) is 110 Å². The van der Waals surface area contributed by atoms with Crippen molar-refractivity contribution < 1.29 is 4.42 Å². The van der Waals surface area contributed by atoms with Gasteiger partial charge in [-0.3, -0.25) is 0 Å². The van der Waals surface area contributed by atoms with Crippen LogP contribution in [0.15, 0.2) is 65.1 Å². The zero-order chi connectivity index (χ0) is 57.0. The third kappa shape index (κ3) is 7.59. The second kappa shape index (κ2) is 17.8. The minimum absolute atomic E-state index is 0.0131. The van der Waals surface area contributed by atoms with Crippen LogP contribution in [-0.2, 0) is 21.7 Å². The lowest BCUT2D eigenvalue weighted by molar-refractivity contribution is 0.332. The molecule has 0 amide bonds. The SMILES string of the molecule is [B]c1c([B])c([B])c(-c2ccc3c(c2)B2c4oc5cc6c(cc5c4N(c4ccc5c(c4)C(C)(C)CCC5(C)C)c4cc(C)cc(c42)N3c2c([B])c([B])c(-c3c([B])c([B])c([B])c([B])c3[B])c([B])c2[B])C(C)(C)CCC6(C)C)c([B])c1[B]. The lowest BCUT2D eigenvalue weighted by Gasteiger charge is -2.45. The first kappa shape index (κ1) is 54.3. The van der Waals surface area contributed by atoms with Gasteiger partial charge in [0.1, 0.15) is 115 Å². The molecule has 12 rings (SSSR count). The molecule has 1 aromatic heterocycles. The van der Waals surface area contributed by atoms with E-state index in [1.54, 1.807) is 0 Å². The van der Waals surface area contributed by atoms with Crippen molar-refractivity contribution in [1.82, 2.24) is 0 Å². The Morgan fingerprint density at radius 3 is 1.35 bits per heavy atom. The van der Waals surface area contributed by atoms with E-state index in [4.69, 9.17) is 114 Å². The van der Waals surface area contributed by atoms with Crippen molar-refractivity contribution in [3.05, 3.63) is 88.5 Å². The Labute approximate surface area is 486 Å². The fourth-order valence-electron chi connectivity index (χ4n) is 13.7. The van der Waals surface area contributed by atoms with Crippen LogP contribution in [0, 0.1) is 6.92 Å². The number of anilines is 6. The van der Waals surface area contributed by atoms with Crippen molar-refractivity contribution >= 4 is 255 Å². The summed E-state index contributed by atoms with van der Waals surface area (Å²) in [7, 11) is 94.9. The summed E-state index contributed by atoms with van der Waals surface area (Å²) in [5, 5.41) is 1.00. The molecule has 0 N–H and O–H groups in total. The standard InChI is InChI=1S/C61H45B15N2O/c1-24-18-34-54-35(19-24)78(56-52(74)44(66)39(45(67)53(56)75)38-42(64)48(70)51(73)49(71)43(38)65)33-13-10-25(37-40(62)46(68)50(72)47(69)41(37)63)20-32(33)76(54)57-55(27-22-30-31(23-36(27)79-57)61(8,9)17-16-60(30,6)7)77(34)26-11-12-28-29(21-26)59(4,5)15-14-58(28,2)3/h10-13,18-23H,14-17H2,1-9H3. The zero-order valence-electron chi connectivity index (χ0n) is 46.6. The van der Waals surface area contributed by atoms with Crippen LogP contribution < -0.4 is 103 Å². The number of hydrogen-bond donors (Lipinski definition) is 0. The van der Waals surface area contributed by atoms with Crippen molar-refractivity contribution in [2.75, 3.05) is 9.80 Å². The van der Waals surface area contributed by atoms with Crippen molar-refractivity contribution in [2.24, 2.45) is 0 Å². The van der Waals surface area contributed by atoms with E-state index in [9.17, 15) is 0 Å². The van der Waals surface area contributed by atoms with Crippen LogP contribution in [0.4, 0.5) is 34.1 Å². The minimum atomic E-state index is -0.566. The molecule has 0 unspecified atom stereocenters. The Hall–Kier alpha value is -5.35. The average Bonchev–Trinajstić information content (AvgIpc) is 4.07. The van der Waals surface area contributed by atoms with Gasteiger partial charge in [-0.1, -0.05) is 117 Å². The molecular formula is C61H45B15N2O. The summed E-state index contributed by atoms with van der Waals surface area (Å²) in [5.74, 6) is 0. The maximum atomic E-state index is 7.57. The Morgan fingerprint density at radius 2 is 0.835 bits per heavy atom. The van der Waals surface area contributed by atoms with Gasteiger partial charge >= 0.3 is 0 Å². The highest BCUT2D eigenvalue weighted by atomic mass is 16.3. The van der Waals surface area contributed by atoms with E-state index in [0.29, 0.717) is 22.5 Å². The molecule has 3 nitrogen and oxygen atoms in total. The molecule has 0 atom stereocenters. The van der Waals surface area contributed by atoms with Gasteiger partial charge in [-0.2, -0.15) is 0 Å². The number of fused-ring (bicyclic) bond motifs is 8. The topological polar surface area (TPSA) is 19.6 Å². The highest BCUT2D eigenvalue weighted by Gasteiger charge is 2.49. The first-order valence-electron chi connectivity index (χ1n) is 26.9. The molecule has 18 heteroatoms. The van der Waals surface area contributed by atoms with E-state index >= 15 is 0 Å². The molecule has 79 heavy (non-hydrogen) atoms. The summed E-state index contributed by atoms with van der Waals surface area (Å²) in [5.41, 5.74) is 16.1. The van der Waals surface area contributed by atoms with Gasteiger partial charge in [0, 0.05) is 33.8 Å². The molecule has 7 aromatic carbocycles. The van der Waals surface area contributed by atoms with E-state index in [2.05, 4.69) is 116 Å². The summed E-state index contributed by atoms with van der Waals surface area (Å²) in [6.45, 7) is 20.3. The first-order chi connectivity index (χ1) is 36.9. The van der Waals surface area contributed by atoms with Crippen LogP contribution >= 0.6 is 0 Å². The van der Waals surface area contributed by atoms with E-state index in [1.165, 1.54) is 22.3 Å². The molecule has 350 valence electrons. The number of aryl methyl sites for hydroxylation is 1. The second-order valence-corrected chi connectivity index (χ2v) is 25.3. The van der Waals surface area contributed by atoms with Crippen LogP contribution in [-0.4, -0.2) is 117 Å². The molecule has 3 heterocycles. The highest BCUT2D eigenvalue weighted by molar-refractivity contribution is 7.00. The third-order valence-corrected chi connectivity index (χ3v) is 18.7. The van der Waals surface area contributed by atoms with Gasteiger partial charge in [0.05, 0.1) is 11.3 Å². The summed E-state index contributed by atoms with van der Waals surface area (Å²) >= 11 is 0. The molecule has 0 fully saturated rings. The Morgan fingerprint density at radius 1 is 0.405 bits per heavy atom. The Balaban J connectivity index is 1.23. The molecular weight excluding hydrogens is 939 g/mol. The fraction of sp³-hybridized carbons (Fsp3) is 0.279. The van der Waals surface area contributed by atoms with Gasteiger partial charge in [0.2, 0.25) is 0 Å². The fourth-order valence-corrected chi connectivity index (χ4v) is 13.7. The van der Waals surface area contributed by atoms with Crippen LogP contribution in [0.25, 0.3) is 33.2 Å². The van der Waals surface area contributed by atoms with Gasteiger partial charge in [-0.15, -0.1) is 32.8 Å². The summed E-state index contributed by atoms with van der Waals surface area (Å²) in [6.07, 6.45) is 4.18. The van der Waals surface area contributed by atoms with Crippen molar-refractivity contribution in [3.8, 4) is 22.3 Å². The molecule has 28 radical (unpaired) electrons. The van der Waals surface area contributed by atoms with Crippen LogP contribution in [0.5, 0.6) is 0 Å². The highest BCUT2D eigenvalue weighted by Crippen LogP contribution is 2.53. The predicted octanol–water partition coefficient (Wildman–Crippen LogP) is -2.03. The van der Waals surface area contributed by atoms with Gasteiger partial charge in [0.15, 0.2) is 0 Å². The van der Waals surface area contributed by atoms with Gasteiger partial charge in [0.25, 0.3) is 6.71 Å².